The number of aliphatic hydroxyl groups excluding tert-OH is 1. The Labute approximate surface area is 70.4 Å². The molecule has 1 rings (SSSR count). The molecule has 1 unspecified atom stereocenters. The van der Waals surface area contributed by atoms with Gasteiger partial charge in [0.1, 0.15) is 6.10 Å². The molecule has 0 radical (unpaired) electrons. The Morgan fingerprint density at radius 3 is 2.91 bits per heavy atom. The van der Waals surface area contributed by atoms with Gasteiger partial charge in [-0.25, -0.2) is 4.37 Å². The molecule has 4 heteroatoms. The van der Waals surface area contributed by atoms with Crippen molar-refractivity contribution in [2.24, 2.45) is 0 Å². The van der Waals surface area contributed by atoms with Crippen LogP contribution in [0.3, 0.4) is 0 Å². The molecule has 1 aromatic heterocycles. The second kappa shape index (κ2) is 3.80. The summed E-state index contributed by atoms with van der Waals surface area (Å²) in [5, 5.41) is 9.51. The summed E-state index contributed by atoms with van der Waals surface area (Å²) in [6.45, 7) is 0.655. The maximum atomic E-state index is 9.51. The molecule has 0 aliphatic carbocycles. The largest absolute Gasteiger partial charge is 0.386 e. The van der Waals surface area contributed by atoms with Crippen molar-refractivity contribution in [3.05, 3.63) is 17.1 Å². The number of aliphatic hydroxyl groups is 1. The summed E-state index contributed by atoms with van der Waals surface area (Å²) in [4.78, 5) is 2.88. The number of nitrogens with zero attached hydrogens (tertiary/aromatic N) is 2. The van der Waals surface area contributed by atoms with Crippen LogP contribution in [0.5, 0.6) is 0 Å². The van der Waals surface area contributed by atoms with Gasteiger partial charge in [-0.2, -0.15) is 0 Å². The van der Waals surface area contributed by atoms with Crippen LogP contribution in [0.15, 0.2) is 12.3 Å². The number of aromatic nitrogens is 1. The van der Waals surface area contributed by atoms with Crippen molar-refractivity contribution in [2.45, 2.75) is 6.10 Å². The molecule has 0 aliphatic rings. The van der Waals surface area contributed by atoms with Crippen LogP contribution in [0, 0.1) is 0 Å². The maximum Gasteiger partial charge on any atom is 0.102 e. The normalized spacial score (nSPS) is 13.8. The predicted molar refractivity (Wildman–Crippen MR) is 45.6 cm³/mol. The summed E-state index contributed by atoms with van der Waals surface area (Å²) < 4.78 is 3.91. The smallest absolute Gasteiger partial charge is 0.102 e. The molecule has 0 fully saturated rings. The Balaban J connectivity index is 2.49. The first kappa shape index (κ1) is 8.64. The van der Waals surface area contributed by atoms with E-state index in [-0.39, 0.29) is 0 Å². The zero-order valence-electron chi connectivity index (χ0n) is 6.69. The van der Waals surface area contributed by atoms with E-state index in [1.807, 2.05) is 25.1 Å². The van der Waals surface area contributed by atoms with Crippen LogP contribution in [0.25, 0.3) is 0 Å². The van der Waals surface area contributed by atoms with Gasteiger partial charge in [0, 0.05) is 12.7 Å². The average Bonchev–Trinajstić information content (AvgIpc) is 2.35. The quantitative estimate of drug-likeness (QED) is 0.730. The van der Waals surface area contributed by atoms with Crippen LogP contribution in [0.2, 0.25) is 0 Å². The monoisotopic (exact) mass is 172 g/mol. The lowest BCUT2D eigenvalue weighted by Crippen LogP contribution is -2.19. The Morgan fingerprint density at radius 2 is 2.45 bits per heavy atom. The summed E-state index contributed by atoms with van der Waals surface area (Å²) in [5.41, 5.74) is 0. The van der Waals surface area contributed by atoms with Crippen LogP contribution < -0.4 is 0 Å². The molecule has 1 N–H and O–H groups in total. The van der Waals surface area contributed by atoms with Crippen molar-refractivity contribution < 1.29 is 5.11 Å². The van der Waals surface area contributed by atoms with E-state index in [1.165, 1.54) is 11.5 Å². The fraction of sp³-hybridized carbons (Fsp3) is 0.571. The SMILES string of the molecule is CN(C)CC(O)c1ccns1. The average molecular weight is 172 g/mol. The highest BCUT2D eigenvalue weighted by Gasteiger charge is 2.09. The molecule has 1 aromatic rings. The minimum Gasteiger partial charge on any atom is -0.386 e. The summed E-state index contributed by atoms with van der Waals surface area (Å²) in [6, 6.07) is 1.85. The van der Waals surface area contributed by atoms with Gasteiger partial charge in [-0.1, -0.05) is 0 Å². The third-order valence-electron chi connectivity index (χ3n) is 1.32. The third-order valence-corrected chi connectivity index (χ3v) is 2.17. The molecular weight excluding hydrogens is 160 g/mol. The zero-order chi connectivity index (χ0) is 8.27. The summed E-state index contributed by atoms with van der Waals surface area (Å²) in [6.07, 6.45) is 1.32. The number of hydrogen-bond donors (Lipinski definition) is 1. The lowest BCUT2D eigenvalue weighted by atomic mass is 10.3. The molecule has 62 valence electrons. The van der Waals surface area contributed by atoms with E-state index >= 15 is 0 Å². The van der Waals surface area contributed by atoms with Crippen molar-refractivity contribution >= 4 is 11.5 Å². The number of likely N-dealkylation sites (N-methyl/N-ethyl adjacent to an activating group) is 1. The minimum absolute atomic E-state index is 0.391. The topological polar surface area (TPSA) is 36.4 Å². The molecule has 0 saturated heterocycles. The molecule has 0 aromatic carbocycles. The first-order valence-corrected chi connectivity index (χ1v) is 4.21. The van der Waals surface area contributed by atoms with Crippen LogP contribution in [-0.4, -0.2) is 35.0 Å². The Bertz CT molecular complexity index is 198. The first-order chi connectivity index (χ1) is 5.20. The van der Waals surface area contributed by atoms with Gasteiger partial charge in [-0.15, -0.1) is 0 Å². The van der Waals surface area contributed by atoms with Crippen molar-refractivity contribution in [3.8, 4) is 0 Å². The standard InChI is InChI=1S/C7H12N2OS/c1-9(2)5-6(10)7-3-4-8-11-7/h3-4,6,10H,5H2,1-2H3. The maximum absolute atomic E-state index is 9.51. The summed E-state index contributed by atoms with van der Waals surface area (Å²) in [5.74, 6) is 0. The van der Waals surface area contributed by atoms with Crippen molar-refractivity contribution in [2.75, 3.05) is 20.6 Å². The molecule has 1 heterocycles. The number of rotatable bonds is 3. The predicted octanol–water partition coefficient (Wildman–Crippen LogP) is 0.738. The molecular formula is C7H12N2OS. The van der Waals surface area contributed by atoms with Gasteiger partial charge in [0.15, 0.2) is 0 Å². The molecule has 1 atom stereocenters. The van der Waals surface area contributed by atoms with Gasteiger partial charge in [-0.05, 0) is 31.7 Å². The van der Waals surface area contributed by atoms with Gasteiger partial charge >= 0.3 is 0 Å². The Kier molecular flexibility index (Phi) is 2.99. The zero-order valence-corrected chi connectivity index (χ0v) is 7.51. The molecule has 0 amide bonds. The second-order valence-corrected chi connectivity index (χ2v) is 3.56. The van der Waals surface area contributed by atoms with Gasteiger partial charge in [-0.3, -0.25) is 0 Å². The molecule has 0 bridgehead atoms. The molecule has 0 saturated carbocycles. The molecule has 3 nitrogen and oxygen atoms in total. The van der Waals surface area contributed by atoms with E-state index in [1.54, 1.807) is 6.20 Å². The van der Waals surface area contributed by atoms with Crippen LogP contribution in [0.1, 0.15) is 11.0 Å². The molecule has 11 heavy (non-hydrogen) atoms. The van der Waals surface area contributed by atoms with Crippen LogP contribution in [0.4, 0.5) is 0 Å². The van der Waals surface area contributed by atoms with Crippen LogP contribution >= 0.6 is 11.5 Å². The second-order valence-electron chi connectivity index (χ2n) is 2.69. The lowest BCUT2D eigenvalue weighted by molar-refractivity contribution is 0.141. The Morgan fingerprint density at radius 1 is 1.73 bits per heavy atom. The number of hydrogen-bond acceptors (Lipinski definition) is 4. The van der Waals surface area contributed by atoms with Crippen molar-refractivity contribution in [3.63, 3.8) is 0 Å². The summed E-state index contributed by atoms with van der Waals surface area (Å²) in [7, 11) is 3.87. The van der Waals surface area contributed by atoms with E-state index in [4.69, 9.17) is 0 Å². The highest BCUT2D eigenvalue weighted by atomic mass is 32.1. The van der Waals surface area contributed by atoms with E-state index in [9.17, 15) is 5.11 Å². The van der Waals surface area contributed by atoms with Crippen molar-refractivity contribution in [1.29, 1.82) is 0 Å². The minimum atomic E-state index is -0.391. The van der Waals surface area contributed by atoms with E-state index in [0.717, 1.165) is 4.88 Å². The highest BCUT2D eigenvalue weighted by molar-refractivity contribution is 7.05. The first-order valence-electron chi connectivity index (χ1n) is 3.43. The third kappa shape index (κ3) is 2.57. The van der Waals surface area contributed by atoms with Crippen LogP contribution in [-0.2, 0) is 0 Å². The molecule has 0 aliphatic heterocycles. The fourth-order valence-electron chi connectivity index (χ4n) is 0.833. The van der Waals surface area contributed by atoms with Gasteiger partial charge in [0.25, 0.3) is 0 Å². The Hall–Kier alpha value is -0.450. The highest BCUT2D eigenvalue weighted by Crippen LogP contribution is 2.16. The fourth-order valence-corrected chi connectivity index (χ4v) is 1.39. The molecule has 0 spiro atoms. The summed E-state index contributed by atoms with van der Waals surface area (Å²) >= 11 is 1.35. The van der Waals surface area contributed by atoms with E-state index < -0.39 is 6.10 Å². The van der Waals surface area contributed by atoms with Gasteiger partial charge in [0.05, 0.1) is 4.88 Å². The van der Waals surface area contributed by atoms with Gasteiger partial charge in [0.2, 0.25) is 0 Å². The van der Waals surface area contributed by atoms with E-state index in [0.29, 0.717) is 6.54 Å². The van der Waals surface area contributed by atoms with E-state index in [2.05, 4.69) is 4.37 Å². The van der Waals surface area contributed by atoms with Gasteiger partial charge < -0.3 is 10.0 Å². The lowest BCUT2D eigenvalue weighted by Gasteiger charge is -2.13. The van der Waals surface area contributed by atoms with Crippen molar-refractivity contribution in [1.82, 2.24) is 9.27 Å².